The molecule has 1 N–H and O–H groups in total. The number of amides is 1. The summed E-state index contributed by atoms with van der Waals surface area (Å²) in [5, 5.41) is 5.31. The van der Waals surface area contributed by atoms with Crippen LogP contribution in [0.3, 0.4) is 0 Å². The second-order valence-corrected chi connectivity index (χ2v) is 8.95. The van der Waals surface area contributed by atoms with Gasteiger partial charge in [0.05, 0.1) is 19.4 Å². The van der Waals surface area contributed by atoms with Crippen molar-refractivity contribution in [2.24, 2.45) is 5.10 Å². The van der Waals surface area contributed by atoms with E-state index in [1.54, 1.807) is 12.3 Å². The number of rotatable bonds is 6. The van der Waals surface area contributed by atoms with Gasteiger partial charge in [0.1, 0.15) is 0 Å². The predicted octanol–water partition coefficient (Wildman–Crippen LogP) is 5.00. The SMILES string of the molecule is Cc1cc(/C=N\NC(=O)c2ccc(CN3CCOCC3)cc2)c(C)n1-c1cc(Cl)cc(Cl)c1. The minimum Gasteiger partial charge on any atom is -0.379 e. The molecule has 0 spiro atoms. The third-order valence-corrected chi connectivity index (χ3v) is 6.11. The molecular weight excluding hydrogens is 459 g/mol. The summed E-state index contributed by atoms with van der Waals surface area (Å²) >= 11 is 12.3. The number of halogens is 2. The van der Waals surface area contributed by atoms with Crippen LogP contribution in [0.2, 0.25) is 10.0 Å². The number of aryl methyl sites for hydroxylation is 1. The number of carbonyl (C=O) groups is 1. The lowest BCUT2D eigenvalue weighted by molar-refractivity contribution is 0.0342. The van der Waals surface area contributed by atoms with Gasteiger partial charge in [-0.2, -0.15) is 5.10 Å². The normalized spacial score (nSPS) is 14.7. The van der Waals surface area contributed by atoms with Crippen molar-refractivity contribution in [3.05, 3.63) is 86.7 Å². The van der Waals surface area contributed by atoms with E-state index in [1.807, 2.05) is 60.9 Å². The van der Waals surface area contributed by atoms with E-state index >= 15 is 0 Å². The van der Waals surface area contributed by atoms with Gasteiger partial charge in [-0.1, -0.05) is 35.3 Å². The van der Waals surface area contributed by atoms with Crippen LogP contribution in [-0.2, 0) is 11.3 Å². The van der Waals surface area contributed by atoms with Gasteiger partial charge in [0.15, 0.2) is 0 Å². The van der Waals surface area contributed by atoms with E-state index in [1.165, 1.54) is 5.56 Å². The van der Waals surface area contributed by atoms with Gasteiger partial charge in [-0.25, -0.2) is 5.43 Å². The van der Waals surface area contributed by atoms with Crippen molar-refractivity contribution in [1.82, 2.24) is 14.9 Å². The highest BCUT2D eigenvalue weighted by Crippen LogP contribution is 2.26. The molecule has 1 aliphatic rings. The van der Waals surface area contributed by atoms with E-state index < -0.39 is 0 Å². The summed E-state index contributed by atoms with van der Waals surface area (Å²) in [6, 6.07) is 15.0. The number of hydrogen-bond donors (Lipinski definition) is 1. The number of morpholine rings is 1. The minimum atomic E-state index is -0.250. The van der Waals surface area contributed by atoms with Crippen LogP contribution < -0.4 is 5.43 Å². The maximum atomic E-state index is 12.5. The number of hydrogen-bond acceptors (Lipinski definition) is 4. The molecule has 4 rings (SSSR count). The van der Waals surface area contributed by atoms with Crippen LogP contribution in [0.25, 0.3) is 5.69 Å². The summed E-state index contributed by atoms with van der Waals surface area (Å²) in [6.07, 6.45) is 1.65. The molecule has 2 aromatic carbocycles. The van der Waals surface area contributed by atoms with Gasteiger partial charge in [0.25, 0.3) is 5.91 Å². The van der Waals surface area contributed by atoms with Crippen LogP contribution in [0.1, 0.15) is 32.9 Å². The highest BCUT2D eigenvalue weighted by atomic mass is 35.5. The van der Waals surface area contributed by atoms with Crippen LogP contribution in [0, 0.1) is 13.8 Å². The zero-order chi connectivity index (χ0) is 23.4. The number of nitrogens with one attached hydrogen (secondary N) is 1. The zero-order valence-corrected chi connectivity index (χ0v) is 20.2. The molecule has 0 radical (unpaired) electrons. The lowest BCUT2D eigenvalue weighted by atomic mass is 10.1. The lowest BCUT2D eigenvalue weighted by Crippen LogP contribution is -2.35. The summed E-state index contributed by atoms with van der Waals surface area (Å²) in [4.78, 5) is 14.8. The van der Waals surface area contributed by atoms with Gasteiger partial charge in [-0.15, -0.1) is 0 Å². The van der Waals surface area contributed by atoms with E-state index in [-0.39, 0.29) is 5.91 Å². The first-order valence-corrected chi connectivity index (χ1v) is 11.5. The van der Waals surface area contributed by atoms with Gasteiger partial charge in [-0.3, -0.25) is 9.69 Å². The van der Waals surface area contributed by atoms with Crippen molar-refractivity contribution < 1.29 is 9.53 Å². The Morgan fingerprint density at radius 2 is 1.73 bits per heavy atom. The molecule has 0 unspecified atom stereocenters. The third kappa shape index (κ3) is 5.84. The minimum absolute atomic E-state index is 0.250. The van der Waals surface area contributed by atoms with Gasteiger partial charge < -0.3 is 9.30 Å². The molecule has 3 aromatic rings. The number of nitrogens with zero attached hydrogens (tertiary/aromatic N) is 3. The maximum Gasteiger partial charge on any atom is 0.271 e. The van der Waals surface area contributed by atoms with E-state index in [0.717, 1.165) is 55.5 Å². The van der Waals surface area contributed by atoms with E-state index in [4.69, 9.17) is 27.9 Å². The van der Waals surface area contributed by atoms with Crippen molar-refractivity contribution in [1.29, 1.82) is 0 Å². The molecule has 8 heteroatoms. The fraction of sp³-hybridized carbons (Fsp3) is 0.280. The molecule has 2 heterocycles. The molecule has 6 nitrogen and oxygen atoms in total. The Balaban J connectivity index is 1.40. The maximum absolute atomic E-state index is 12.5. The van der Waals surface area contributed by atoms with Gasteiger partial charge in [0.2, 0.25) is 0 Å². The molecule has 0 atom stereocenters. The molecule has 172 valence electrons. The molecule has 0 bridgehead atoms. The quantitative estimate of drug-likeness (QED) is 0.395. The van der Waals surface area contributed by atoms with Crippen molar-refractivity contribution >= 4 is 35.3 Å². The summed E-state index contributed by atoms with van der Waals surface area (Å²) in [6.45, 7) is 8.25. The number of carbonyl (C=O) groups excluding carboxylic acids is 1. The standard InChI is InChI=1S/C25H26Cl2N4O2/c1-17-11-21(18(2)31(17)24-13-22(26)12-23(27)14-24)15-28-29-25(32)20-5-3-19(4-6-20)16-30-7-9-33-10-8-30/h3-6,11-15H,7-10,16H2,1-2H3,(H,29,32)/b28-15-. The molecule has 1 fully saturated rings. The highest BCUT2D eigenvalue weighted by molar-refractivity contribution is 6.34. The molecule has 0 saturated carbocycles. The van der Waals surface area contributed by atoms with Gasteiger partial charge in [0, 0.05) is 57.9 Å². The summed E-state index contributed by atoms with van der Waals surface area (Å²) in [5.41, 5.74) is 8.10. The average molecular weight is 485 g/mol. The summed E-state index contributed by atoms with van der Waals surface area (Å²) in [5.74, 6) is -0.250. The zero-order valence-electron chi connectivity index (χ0n) is 18.6. The van der Waals surface area contributed by atoms with Crippen molar-refractivity contribution in [3.63, 3.8) is 0 Å². The lowest BCUT2D eigenvalue weighted by Gasteiger charge is -2.26. The Morgan fingerprint density at radius 3 is 2.39 bits per heavy atom. The monoisotopic (exact) mass is 484 g/mol. The van der Waals surface area contributed by atoms with Crippen LogP contribution >= 0.6 is 23.2 Å². The van der Waals surface area contributed by atoms with Crippen molar-refractivity contribution in [3.8, 4) is 5.69 Å². The summed E-state index contributed by atoms with van der Waals surface area (Å²) < 4.78 is 7.43. The van der Waals surface area contributed by atoms with Crippen LogP contribution in [-0.4, -0.2) is 47.9 Å². The van der Waals surface area contributed by atoms with E-state index in [0.29, 0.717) is 15.6 Å². The fourth-order valence-corrected chi connectivity index (χ4v) is 4.50. The largest absolute Gasteiger partial charge is 0.379 e. The Morgan fingerprint density at radius 1 is 1.06 bits per heavy atom. The highest BCUT2D eigenvalue weighted by Gasteiger charge is 2.13. The van der Waals surface area contributed by atoms with Crippen LogP contribution in [0.4, 0.5) is 0 Å². The number of aromatic nitrogens is 1. The Hall–Kier alpha value is -2.64. The fourth-order valence-electron chi connectivity index (χ4n) is 3.99. The average Bonchev–Trinajstić information content (AvgIpc) is 3.07. The second-order valence-electron chi connectivity index (χ2n) is 8.07. The van der Waals surface area contributed by atoms with Crippen molar-refractivity contribution in [2.45, 2.75) is 20.4 Å². The molecular formula is C25H26Cl2N4O2. The first kappa shape index (κ1) is 23.5. The van der Waals surface area contributed by atoms with Crippen LogP contribution in [0.5, 0.6) is 0 Å². The van der Waals surface area contributed by atoms with Crippen LogP contribution in [0.15, 0.2) is 53.6 Å². The smallest absolute Gasteiger partial charge is 0.271 e. The number of ether oxygens (including phenoxy) is 1. The number of hydrazone groups is 1. The topological polar surface area (TPSA) is 58.9 Å². The third-order valence-electron chi connectivity index (χ3n) is 5.67. The molecule has 1 amide bonds. The first-order chi connectivity index (χ1) is 15.9. The van der Waals surface area contributed by atoms with E-state index in [2.05, 4.69) is 15.4 Å². The van der Waals surface area contributed by atoms with Gasteiger partial charge >= 0.3 is 0 Å². The molecule has 1 aliphatic heterocycles. The second kappa shape index (κ2) is 10.5. The Kier molecular flexibility index (Phi) is 7.50. The molecule has 33 heavy (non-hydrogen) atoms. The summed E-state index contributed by atoms with van der Waals surface area (Å²) in [7, 11) is 0. The number of benzene rings is 2. The first-order valence-electron chi connectivity index (χ1n) is 10.8. The molecule has 0 aliphatic carbocycles. The Bertz CT molecular complexity index is 1150. The molecule has 1 aromatic heterocycles. The van der Waals surface area contributed by atoms with Crippen molar-refractivity contribution in [2.75, 3.05) is 26.3 Å². The van der Waals surface area contributed by atoms with E-state index in [9.17, 15) is 4.79 Å². The molecule has 1 saturated heterocycles. The van der Waals surface area contributed by atoms with Gasteiger partial charge in [-0.05, 0) is 55.8 Å². The predicted molar refractivity (Wildman–Crippen MR) is 133 cm³/mol. The Labute approximate surface area is 203 Å².